The van der Waals surface area contributed by atoms with Gasteiger partial charge in [-0.2, -0.15) is 0 Å². The molecule has 9 nitrogen and oxygen atoms in total. The van der Waals surface area contributed by atoms with Gasteiger partial charge in [0.2, 0.25) is 5.91 Å². The fourth-order valence-corrected chi connectivity index (χ4v) is 6.81. The van der Waals surface area contributed by atoms with E-state index in [1.807, 2.05) is 47.8 Å². The lowest BCUT2D eigenvalue weighted by Crippen LogP contribution is -2.45. The molecule has 0 spiro atoms. The Bertz CT molecular complexity index is 1600. The molecule has 214 valence electrons. The smallest absolute Gasteiger partial charge is 0.412 e. The molecule has 2 N–H and O–H groups in total. The van der Waals surface area contributed by atoms with Gasteiger partial charge >= 0.3 is 6.09 Å². The zero-order valence-corrected chi connectivity index (χ0v) is 24.6. The number of benzene rings is 2. The summed E-state index contributed by atoms with van der Waals surface area (Å²) in [6, 6.07) is 19.5. The van der Waals surface area contributed by atoms with Crippen molar-refractivity contribution in [3.63, 3.8) is 0 Å². The van der Waals surface area contributed by atoms with Crippen molar-refractivity contribution in [1.82, 2.24) is 20.2 Å². The summed E-state index contributed by atoms with van der Waals surface area (Å²) in [7, 11) is 0. The number of hydrogen-bond acceptors (Lipinski definition) is 8. The zero-order valence-electron chi connectivity index (χ0n) is 22.2. The van der Waals surface area contributed by atoms with Gasteiger partial charge < -0.3 is 15.4 Å². The first kappa shape index (κ1) is 28.2. The first-order valence-corrected chi connectivity index (χ1v) is 15.6. The van der Waals surface area contributed by atoms with E-state index in [-0.39, 0.29) is 18.4 Å². The minimum absolute atomic E-state index is 0.0792. The summed E-state index contributed by atoms with van der Waals surface area (Å²) in [6.07, 6.45) is 3.03. The molecule has 2 aliphatic rings. The first-order chi connectivity index (χ1) is 20.4. The number of rotatable bonds is 8. The van der Waals surface area contributed by atoms with Crippen LogP contribution in [0.2, 0.25) is 5.15 Å². The average Bonchev–Trinajstić information content (AvgIpc) is 3.50. The molecule has 1 saturated heterocycles. The number of thioether (sulfide) groups is 1. The number of amides is 3. The van der Waals surface area contributed by atoms with E-state index >= 15 is 0 Å². The average molecular weight is 620 g/mol. The third-order valence-electron chi connectivity index (χ3n) is 6.84. The lowest BCUT2D eigenvalue weighted by Gasteiger charge is -2.28. The molecule has 1 saturated carbocycles. The molecule has 42 heavy (non-hydrogen) atoms. The molecule has 3 heterocycles. The Balaban J connectivity index is 1.15. The molecule has 0 bridgehead atoms. The Morgan fingerprint density at radius 2 is 1.83 bits per heavy atom. The quantitative estimate of drug-likeness (QED) is 0.228. The van der Waals surface area contributed by atoms with Crippen LogP contribution in [0.3, 0.4) is 0 Å². The standard InChI is InChI=1S/C30H26ClN5O4S2/c31-25-14-21(12-13-32-25)28-36(30(39)40-15-18-4-2-1-3-5-18)24(17-41-28)27(38)35-29-34-23(16-42-29)19-6-8-20(9-7-19)26(37)33-22-10-11-22/h1-9,12-14,16,22,24,28H,10-11,15,17H2,(H,33,37)(H,34,35,38)/t24?,28-/m1/s1. The number of hydrogen-bond donors (Lipinski definition) is 2. The fraction of sp³-hybridized carbons (Fsp3) is 0.233. The number of ether oxygens (including phenoxy) is 1. The lowest BCUT2D eigenvalue weighted by atomic mass is 10.1. The second-order valence-corrected chi connectivity index (χ2v) is 12.3. The van der Waals surface area contributed by atoms with Gasteiger partial charge in [-0.25, -0.2) is 14.8 Å². The highest BCUT2D eigenvalue weighted by molar-refractivity contribution is 7.99. The van der Waals surface area contributed by atoms with Crippen LogP contribution in [0.25, 0.3) is 11.3 Å². The van der Waals surface area contributed by atoms with Crippen molar-refractivity contribution >= 4 is 57.7 Å². The number of aromatic nitrogens is 2. The number of anilines is 1. The molecule has 0 radical (unpaired) electrons. The molecule has 12 heteroatoms. The summed E-state index contributed by atoms with van der Waals surface area (Å²) in [5.41, 5.74) is 3.69. The minimum Gasteiger partial charge on any atom is -0.444 e. The van der Waals surface area contributed by atoms with E-state index in [1.165, 1.54) is 28.0 Å². The summed E-state index contributed by atoms with van der Waals surface area (Å²) in [5, 5.41) is 7.92. The van der Waals surface area contributed by atoms with E-state index in [9.17, 15) is 14.4 Å². The second-order valence-electron chi connectivity index (χ2n) is 9.91. The maximum Gasteiger partial charge on any atom is 0.412 e. The monoisotopic (exact) mass is 619 g/mol. The predicted molar refractivity (Wildman–Crippen MR) is 163 cm³/mol. The molecule has 2 aromatic heterocycles. The highest BCUT2D eigenvalue weighted by Crippen LogP contribution is 2.42. The van der Waals surface area contributed by atoms with Gasteiger partial charge in [0.25, 0.3) is 5.91 Å². The third-order valence-corrected chi connectivity index (χ3v) is 9.13. The number of nitrogens with one attached hydrogen (secondary N) is 2. The van der Waals surface area contributed by atoms with Crippen LogP contribution >= 0.6 is 34.7 Å². The number of carbonyl (C=O) groups excluding carboxylic acids is 3. The molecule has 1 aliphatic heterocycles. The summed E-state index contributed by atoms with van der Waals surface area (Å²) in [5.74, 6) is -0.0850. The van der Waals surface area contributed by atoms with E-state index in [1.54, 1.807) is 30.5 Å². The van der Waals surface area contributed by atoms with Crippen molar-refractivity contribution in [3.05, 3.63) is 100 Å². The molecule has 2 atom stereocenters. The SMILES string of the molecule is O=C(NC1CC1)c1ccc(-c2csc(NC(=O)C3CS[C@H](c4ccnc(Cl)c4)N3C(=O)OCc3ccccc3)n2)cc1. The van der Waals surface area contributed by atoms with Crippen molar-refractivity contribution in [2.24, 2.45) is 0 Å². The minimum atomic E-state index is -0.799. The van der Waals surface area contributed by atoms with Crippen molar-refractivity contribution in [2.75, 3.05) is 11.1 Å². The zero-order chi connectivity index (χ0) is 29.1. The van der Waals surface area contributed by atoms with E-state index in [4.69, 9.17) is 16.3 Å². The van der Waals surface area contributed by atoms with Crippen LogP contribution in [0, 0.1) is 0 Å². The van der Waals surface area contributed by atoms with Crippen molar-refractivity contribution in [1.29, 1.82) is 0 Å². The van der Waals surface area contributed by atoms with Crippen LogP contribution in [-0.4, -0.2) is 50.6 Å². The van der Waals surface area contributed by atoms with Gasteiger partial charge in [-0.15, -0.1) is 23.1 Å². The summed E-state index contributed by atoms with van der Waals surface area (Å²) < 4.78 is 5.64. The van der Waals surface area contributed by atoms with Crippen LogP contribution in [0.4, 0.5) is 9.93 Å². The maximum atomic E-state index is 13.5. The number of halogens is 1. The number of thiazole rings is 1. The topological polar surface area (TPSA) is 114 Å². The van der Waals surface area contributed by atoms with Crippen LogP contribution in [0.1, 0.15) is 39.7 Å². The summed E-state index contributed by atoms with van der Waals surface area (Å²) >= 11 is 8.87. The van der Waals surface area contributed by atoms with Gasteiger partial charge in [0, 0.05) is 34.5 Å². The summed E-state index contributed by atoms with van der Waals surface area (Å²) in [4.78, 5) is 49.3. The van der Waals surface area contributed by atoms with Gasteiger partial charge in [-0.3, -0.25) is 14.5 Å². The van der Waals surface area contributed by atoms with Gasteiger partial charge in [-0.05, 0) is 48.2 Å². The molecule has 6 rings (SSSR count). The summed E-state index contributed by atoms with van der Waals surface area (Å²) in [6.45, 7) is 0.0792. The Kier molecular flexibility index (Phi) is 8.41. The fourth-order valence-electron chi connectivity index (χ4n) is 4.49. The highest BCUT2D eigenvalue weighted by atomic mass is 35.5. The Labute approximate surface area is 255 Å². The van der Waals surface area contributed by atoms with Crippen molar-refractivity contribution < 1.29 is 19.1 Å². The highest BCUT2D eigenvalue weighted by Gasteiger charge is 2.43. The number of carbonyl (C=O) groups is 3. The van der Waals surface area contributed by atoms with Crippen molar-refractivity contribution in [2.45, 2.75) is 36.9 Å². The van der Waals surface area contributed by atoms with E-state index in [0.29, 0.717) is 33.3 Å². The molecule has 2 aromatic carbocycles. The van der Waals surface area contributed by atoms with Crippen molar-refractivity contribution in [3.8, 4) is 11.3 Å². The number of nitrogens with zero attached hydrogens (tertiary/aromatic N) is 3. The van der Waals surface area contributed by atoms with E-state index < -0.39 is 17.5 Å². The molecule has 4 aromatic rings. The first-order valence-electron chi connectivity index (χ1n) is 13.3. The van der Waals surface area contributed by atoms with Crippen LogP contribution in [-0.2, 0) is 16.1 Å². The maximum absolute atomic E-state index is 13.5. The Hall–Kier alpha value is -3.93. The van der Waals surface area contributed by atoms with Crippen LogP contribution in [0.5, 0.6) is 0 Å². The number of pyridine rings is 1. The van der Waals surface area contributed by atoms with Gasteiger partial charge in [0.1, 0.15) is 23.2 Å². The lowest BCUT2D eigenvalue weighted by molar-refractivity contribution is -0.120. The third kappa shape index (κ3) is 6.59. The van der Waals surface area contributed by atoms with E-state index in [0.717, 1.165) is 29.5 Å². The van der Waals surface area contributed by atoms with Crippen LogP contribution in [0.15, 0.2) is 78.3 Å². The Morgan fingerprint density at radius 1 is 1.05 bits per heavy atom. The normalized spacial score (nSPS) is 18.0. The predicted octanol–water partition coefficient (Wildman–Crippen LogP) is 6.14. The van der Waals surface area contributed by atoms with Gasteiger partial charge in [0.05, 0.1) is 5.69 Å². The second kappa shape index (κ2) is 12.5. The van der Waals surface area contributed by atoms with Gasteiger partial charge in [0.15, 0.2) is 5.13 Å². The van der Waals surface area contributed by atoms with Crippen LogP contribution < -0.4 is 10.6 Å². The largest absolute Gasteiger partial charge is 0.444 e. The van der Waals surface area contributed by atoms with Gasteiger partial charge in [-0.1, -0.05) is 54.1 Å². The molecule has 1 aliphatic carbocycles. The van der Waals surface area contributed by atoms with E-state index in [2.05, 4.69) is 20.6 Å². The molecular formula is C30H26ClN5O4S2. The molecule has 2 fully saturated rings. The molecule has 3 amide bonds. The molecule has 1 unspecified atom stereocenters. The Morgan fingerprint density at radius 3 is 2.57 bits per heavy atom. The molecular weight excluding hydrogens is 594 g/mol.